The number of carbonyl (C=O) groups excluding carboxylic acids is 2. The molecule has 0 aromatic heterocycles. The quantitative estimate of drug-likeness (QED) is 0.345. The summed E-state index contributed by atoms with van der Waals surface area (Å²) in [4.78, 5) is 22.4. The minimum absolute atomic E-state index is 0.147. The predicted molar refractivity (Wildman–Crippen MR) is 110 cm³/mol. The van der Waals surface area contributed by atoms with E-state index in [-0.39, 0.29) is 10.9 Å². The third-order valence-corrected chi connectivity index (χ3v) is 5.30. The van der Waals surface area contributed by atoms with E-state index in [0.717, 1.165) is 0 Å². The van der Waals surface area contributed by atoms with E-state index in [0.29, 0.717) is 16.8 Å². The molecular formula is C18H21ClN4O3S. The van der Waals surface area contributed by atoms with Crippen molar-refractivity contribution in [2.45, 2.75) is 17.5 Å². The first-order chi connectivity index (χ1) is 12.5. The average molecular weight is 409 g/mol. The summed E-state index contributed by atoms with van der Waals surface area (Å²) in [5.41, 5.74) is 5.31. The number of benzene rings is 1. The number of para-hydroxylation sites is 1. The fourth-order valence-corrected chi connectivity index (χ4v) is 3.51. The molecule has 3 amide bonds. The molecule has 144 valence electrons. The van der Waals surface area contributed by atoms with Crippen LogP contribution < -0.4 is 16.4 Å². The number of hydrogen-bond acceptors (Lipinski definition) is 5. The number of nitrogens with one attached hydrogen (secondary N) is 2. The van der Waals surface area contributed by atoms with E-state index < -0.39 is 16.6 Å². The number of rotatable bonds is 4. The molecule has 0 aliphatic heterocycles. The molecule has 0 spiro atoms. The Kier molecular flexibility index (Phi) is 6.06. The second-order valence-corrected chi connectivity index (χ2v) is 7.31. The Morgan fingerprint density at radius 1 is 1.30 bits per heavy atom. The van der Waals surface area contributed by atoms with Gasteiger partial charge in [-0.2, -0.15) is 0 Å². The highest BCUT2D eigenvalue weighted by Crippen LogP contribution is 2.42. The number of alkyl halides is 1. The molecule has 2 atom stereocenters. The molecule has 0 saturated carbocycles. The number of thiocarbonyl (C=S) groups is 1. The van der Waals surface area contributed by atoms with Gasteiger partial charge in [-0.25, -0.2) is 4.79 Å². The van der Waals surface area contributed by atoms with Crippen molar-refractivity contribution in [3.63, 3.8) is 0 Å². The standard InChI is InChI=1S/C18H21ClN4O3S/c1-11(24)21-14-7-5-4-6-13(14)12-8-9-18(26,23(2)3)17(19,10-12)15(27)22-16(20)25/h4-10,26H,1-3H3,(H,21,24)(H3,20,22,25,27). The van der Waals surface area contributed by atoms with Crippen molar-refractivity contribution in [2.75, 3.05) is 19.4 Å². The number of allylic oxidation sites excluding steroid dienone is 2. The van der Waals surface area contributed by atoms with Crippen LogP contribution in [0.5, 0.6) is 0 Å². The highest BCUT2D eigenvalue weighted by molar-refractivity contribution is 7.80. The van der Waals surface area contributed by atoms with Crippen molar-refractivity contribution in [3.8, 4) is 0 Å². The normalized spacial score (nSPS) is 24.3. The lowest BCUT2D eigenvalue weighted by Crippen LogP contribution is -2.64. The first-order valence-electron chi connectivity index (χ1n) is 8.00. The van der Waals surface area contributed by atoms with Gasteiger partial charge in [-0.3, -0.25) is 9.69 Å². The number of primary amides is 1. The summed E-state index contributed by atoms with van der Waals surface area (Å²) < 4.78 is 0. The van der Waals surface area contributed by atoms with Crippen LogP contribution >= 0.6 is 23.8 Å². The number of halogens is 1. The van der Waals surface area contributed by atoms with Crippen molar-refractivity contribution in [1.82, 2.24) is 10.2 Å². The molecule has 27 heavy (non-hydrogen) atoms. The molecule has 0 bridgehead atoms. The van der Waals surface area contributed by atoms with Crippen molar-refractivity contribution in [1.29, 1.82) is 0 Å². The maximum atomic E-state index is 11.5. The van der Waals surface area contributed by atoms with Crippen LogP contribution in [0.25, 0.3) is 5.57 Å². The molecule has 0 fully saturated rings. The monoisotopic (exact) mass is 408 g/mol. The molecule has 1 aromatic carbocycles. The number of hydrogen-bond donors (Lipinski definition) is 4. The number of carbonyl (C=O) groups is 2. The van der Waals surface area contributed by atoms with Crippen molar-refractivity contribution < 1.29 is 14.7 Å². The van der Waals surface area contributed by atoms with Gasteiger partial charge >= 0.3 is 6.03 Å². The molecular weight excluding hydrogens is 388 g/mol. The molecule has 0 saturated heterocycles. The van der Waals surface area contributed by atoms with Gasteiger partial charge in [-0.1, -0.05) is 36.5 Å². The van der Waals surface area contributed by atoms with Gasteiger partial charge in [0.1, 0.15) is 4.99 Å². The second kappa shape index (κ2) is 7.77. The maximum Gasteiger partial charge on any atom is 0.317 e. The van der Waals surface area contributed by atoms with Crippen LogP contribution in [0.1, 0.15) is 12.5 Å². The van der Waals surface area contributed by atoms with Crippen molar-refractivity contribution >= 4 is 52.0 Å². The fourth-order valence-electron chi connectivity index (χ4n) is 2.81. The third kappa shape index (κ3) is 4.03. The SMILES string of the molecule is CC(=O)Nc1ccccc1C1=CC(Cl)(C(=S)NC(N)=O)C(O)(N(C)C)C=C1. The van der Waals surface area contributed by atoms with Crippen LogP contribution in [-0.2, 0) is 4.79 Å². The van der Waals surface area contributed by atoms with E-state index in [4.69, 9.17) is 29.6 Å². The van der Waals surface area contributed by atoms with Gasteiger partial charge in [-0.15, -0.1) is 11.6 Å². The zero-order valence-corrected chi connectivity index (χ0v) is 16.7. The number of nitrogens with zero attached hydrogens (tertiary/aromatic N) is 1. The molecule has 7 nitrogen and oxygen atoms in total. The third-order valence-electron chi connectivity index (χ3n) is 4.18. The highest BCUT2D eigenvalue weighted by Gasteiger charge is 2.53. The van der Waals surface area contributed by atoms with Gasteiger partial charge < -0.3 is 21.5 Å². The van der Waals surface area contributed by atoms with Crippen LogP contribution in [0.15, 0.2) is 42.5 Å². The lowest BCUT2D eigenvalue weighted by Gasteiger charge is -2.45. The maximum absolute atomic E-state index is 11.5. The molecule has 1 aliphatic rings. The Balaban J connectivity index is 2.61. The molecule has 2 rings (SSSR count). The van der Waals surface area contributed by atoms with Crippen LogP contribution in [0.4, 0.5) is 10.5 Å². The summed E-state index contributed by atoms with van der Waals surface area (Å²) in [5.74, 6) is -0.226. The molecule has 5 N–H and O–H groups in total. The summed E-state index contributed by atoms with van der Waals surface area (Å²) in [6.07, 6.45) is 4.69. The van der Waals surface area contributed by atoms with Crippen LogP contribution in [-0.4, -0.2) is 51.6 Å². The molecule has 0 heterocycles. The summed E-state index contributed by atoms with van der Waals surface area (Å²) in [6.45, 7) is 1.41. The average Bonchev–Trinajstić information content (AvgIpc) is 2.56. The number of nitrogens with two attached hydrogens (primary N) is 1. The van der Waals surface area contributed by atoms with Crippen LogP contribution in [0, 0.1) is 0 Å². The van der Waals surface area contributed by atoms with E-state index in [2.05, 4.69) is 10.6 Å². The zero-order valence-electron chi connectivity index (χ0n) is 15.1. The predicted octanol–water partition coefficient (Wildman–Crippen LogP) is 1.82. The number of amides is 3. The van der Waals surface area contributed by atoms with Gasteiger partial charge in [0.25, 0.3) is 0 Å². The Morgan fingerprint density at radius 3 is 2.48 bits per heavy atom. The summed E-state index contributed by atoms with van der Waals surface area (Å²) in [7, 11) is 3.25. The Morgan fingerprint density at radius 2 is 1.93 bits per heavy atom. The summed E-state index contributed by atoms with van der Waals surface area (Å²) in [6, 6.07) is 6.24. The second-order valence-electron chi connectivity index (χ2n) is 6.31. The lowest BCUT2D eigenvalue weighted by atomic mass is 9.83. The number of likely N-dealkylation sites (N-methyl/N-ethyl adjacent to an activating group) is 1. The largest absolute Gasteiger partial charge is 0.369 e. The molecule has 0 radical (unpaired) electrons. The molecule has 2 unspecified atom stereocenters. The van der Waals surface area contributed by atoms with Gasteiger partial charge in [0.15, 0.2) is 10.6 Å². The Bertz CT molecular complexity index is 855. The minimum atomic E-state index is -1.72. The van der Waals surface area contributed by atoms with Crippen LogP contribution in [0.3, 0.4) is 0 Å². The number of urea groups is 1. The fraction of sp³-hybridized carbons (Fsp3) is 0.278. The minimum Gasteiger partial charge on any atom is -0.369 e. The number of anilines is 1. The number of aliphatic hydroxyl groups is 1. The molecule has 1 aliphatic carbocycles. The van der Waals surface area contributed by atoms with Gasteiger partial charge in [0.2, 0.25) is 5.91 Å². The van der Waals surface area contributed by atoms with E-state index in [1.807, 2.05) is 0 Å². The lowest BCUT2D eigenvalue weighted by molar-refractivity contribution is -0.114. The van der Waals surface area contributed by atoms with Crippen molar-refractivity contribution in [3.05, 3.63) is 48.1 Å². The first-order valence-corrected chi connectivity index (χ1v) is 8.78. The first kappa shape index (κ1) is 21.0. The molecule has 9 heteroatoms. The van der Waals surface area contributed by atoms with E-state index in [9.17, 15) is 14.7 Å². The zero-order chi connectivity index (χ0) is 20.4. The Hall–Kier alpha value is -2.26. The highest BCUT2D eigenvalue weighted by atomic mass is 35.5. The Labute approximate surface area is 167 Å². The smallest absolute Gasteiger partial charge is 0.317 e. The summed E-state index contributed by atoms with van der Waals surface area (Å²) >= 11 is 12.0. The van der Waals surface area contributed by atoms with E-state index in [1.54, 1.807) is 44.4 Å². The van der Waals surface area contributed by atoms with Gasteiger partial charge in [0.05, 0.1) is 0 Å². The summed E-state index contributed by atoms with van der Waals surface area (Å²) in [5, 5.41) is 16.2. The van der Waals surface area contributed by atoms with Gasteiger partial charge in [-0.05, 0) is 37.9 Å². The van der Waals surface area contributed by atoms with Crippen molar-refractivity contribution in [2.24, 2.45) is 5.73 Å². The molecule has 1 aromatic rings. The van der Waals surface area contributed by atoms with Gasteiger partial charge in [0, 0.05) is 18.2 Å². The van der Waals surface area contributed by atoms with E-state index in [1.165, 1.54) is 24.0 Å². The van der Waals surface area contributed by atoms with E-state index >= 15 is 0 Å². The van der Waals surface area contributed by atoms with Crippen LogP contribution in [0.2, 0.25) is 0 Å². The topological polar surface area (TPSA) is 108 Å².